The van der Waals surface area contributed by atoms with Crippen molar-refractivity contribution in [2.24, 2.45) is 5.92 Å². The zero-order valence-electron chi connectivity index (χ0n) is 18.0. The van der Waals surface area contributed by atoms with E-state index in [1.54, 1.807) is 32.4 Å². The van der Waals surface area contributed by atoms with Gasteiger partial charge in [0, 0.05) is 24.5 Å². The smallest absolute Gasteiger partial charge is 0.262 e. The van der Waals surface area contributed by atoms with Gasteiger partial charge >= 0.3 is 0 Å². The number of benzene rings is 1. The number of hydrogen-bond donors (Lipinski definition) is 1. The van der Waals surface area contributed by atoms with Gasteiger partial charge in [0.15, 0.2) is 11.5 Å². The van der Waals surface area contributed by atoms with Crippen molar-refractivity contribution < 1.29 is 14.3 Å². The van der Waals surface area contributed by atoms with E-state index in [4.69, 9.17) is 9.47 Å². The second-order valence-electron chi connectivity index (χ2n) is 7.37. The van der Waals surface area contributed by atoms with E-state index in [-0.39, 0.29) is 12.1 Å². The zero-order valence-corrected chi connectivity index (χ0v) is 18.0. The first-order valence-corrected chi connectivity index (χ1v) is 9.58. The van der Waals surface area contributed by atoms with Gasteiger partial charge in [-0.1, -0.05) is 19.9 Å². The standard InChI is InChI=1S/C23H29N3O3/c1-15(2)14-26-16(3)9-19(17(26)4)11-20(12-24)23(27)25-13-18-7-8-21(28-5)22(10-18)29-6/h7-11,15H,13-14H2,1-6H3,(H,25,27)/b20-11+. The molecule has 0 fully saturated rings. The van der Waals surface area contributed by atoms with Crippen LogP contribution in [0.2, 0.25) is 0 Å². The number of carbonyl (C=O) groups excluding carboxylic acids is 1. The third kappa shape index (κ3) is 5.41. The van der Waals surface area contributed by atoms with Crippen LogP contribution < -0.4 is 14.8 Å². The molecule has 6 heteroatoms. The molecule has 2 rings (SSSR count). The number of methoxy groups -OCH3 is 2. The summed E-state index contributed by atoms with van der Waals surface area (Å²) >= 11 is 0. The molecule has 1 heterocycles. The van der Waals surface area contributed by atoms with E-state index in [9.17, 15) is 10.1 Å². The van der Waals surface area contributed by atoms with Crippen molar-refractivity contribution in [1.82, 2.24) is 9.88 Å². The molecule has 154 valence electrons. The molecule has 29 heavy (non-hydrogen) atoms. The largest absolute Gasteiger partial charge is 0.493 e. The Hall–Kier alpha value is -3.20. The molecule has 0 saturated heterocycles. The fourth-order valence-electron chi connectivity index (χ4n) is 3.19. The predicted molar refractivity (Wildman–Crippen MR) is 114 cm³/mol. The minimum absolute atomic E-state index is 0.0790. The van der Waals surface area contributed by atoms with Gasteiger partial charge in [-0.05, 0) is 55.2 Å². The maximum absolute atomic E-state index is 12.5. The van der Waals surface area contributed by atoms with E-state index in [1.165, 1.54) is 0 Å². The minimum Gasteiger partial charge on any atom is -0.493 e. The second-order valence-corrected chi connectivity index (χ2v) is 7.37. The van der Waals surface area contributed by atoms with Crippen LogP contribution in [0.15, 0.2) is 29.8 Å². The van der Waals surface area contributed by atoms with Crippen LogP contribution in [-0.4, -0.2) is 24.7 Å². The molecule has 0 aliphatic carbocycles. The van der Waals surface area contributed by atoms with E-state index >= 15 is 0 Å². The molecule has 2 aromatic rings. The van der Waals surface area contributed by atoms with Gasteiger partial charge in [0.2, 0.25) is 0 Å². The number of amides is 1. The Morgan fingerprint density at radius 1 is 1.21 bits per heavy atom. The molecule has 0 radical (unpaired) electrons. The summed E-state index contributed by atoms with van der Waals surface area (Å²) in [5.74, 6) is 1.32. The fraction of sp³-hybridized carbons (Fsp3) is 0.391. The molecule has 1 aromatic heterocycles. The highest BCUT2D eigenvalue weighted by molar-refractivity contribution is 6.01. The van der Waals surface area contributed by atoms with Crippen LogP contribution in [0.1, 0.15) is 36.4 Å². The molecule has 0 unspecified atom stereocenters. The summed E-state index contributed by atoms with van der Waals surface area (Å²) in [4.78, 5) is 12.5. The molecule has 0 aliphatic rings. The van der Waals surface area contributed by atoms with Gasteiger partial charge in [-0.25, -0.2) is 0 Å². The Morgan fingerprint density at radius 2 is 1.90 bits per heavy atom. The van der Waals surface area contributed by atoms with E-state index < -0.39 is 5.91 Å². The van der Waals surface area contributed by atoms with E-state index in [0.29, 0.717) is 17.4 Å². The lowest BCUT2D eigenvalue weighted by atomic mass is 10.1. The van der Waals surface area contributed by atoms with Gasteiger partial charge in [-0.2, -0.15) is 5.26 Å². The number of ether oxygens (including phenoxy) is 2. The molecular weight excluding hydrogens is 366 g/mol. The summed E-state index contributed by atoms with van der Waals surface area (Å²) in [7, 11) is 3.13. The van der Waals surface area contributed by atoms with Gasteiger partial charge < -0.3 is 19.4 Å². The molecule has 1 N–H and O–H groups in total. The maximum Gasteiger partial charge on any atom is 0.262 e. The Kier molecular flexibility index (Phi) is 7.49. The topological polar surface area (TPSA) is 76.3 Å². The first-order valence-electron chi connectivity index (χ1n) is 9.58. The Bertz CT molecular complexity index is 949. The number of nitrogens with one attached hydrogen (secondary N) is 1. The van der Waals surface area contributed by atoms with Crippen LogP contribution in [0.3, 0.4) is 0 Å². The number of hydrogen-bond acceptors (Lipinski definition) is 4. The molecule has 0 aliphatic heterocycles. The molecule has 1 amide bonds. The Morgan fingerprint density at radius 3 is 2.48 bits per heavy atom. The highest BCUT2D eigenvalue weighted by Gasteiger charge is 2.14. The normalized spacial score (nSPS) is 11.3. The monoisotopic (exact) mass is 395 g/mol. The quantitative estimate of drug-likeness (QED) is 0.541. The third-order valence-electron chi connectivity index (χ3n) is 4.73. The Labute approximate surface area is 172 Å². The fourth-order valence-corrected chi connectivity index (χ4v) is 3.19. The number of aryl methyl sites for hydroxylation is 1. The number of rotatable bonds is 8. The predicted octanol–water partition coefficient (Wildman–Crippen LogP) is 4.00. The number of aromatic nitrogens is 1. The van der Waals surface area contributed by atoms with Crippen LogP contribution in [0.25, 0.3) is 6.08 Å². The lowest BCUT2D eigenvalue weighted by Crippen LogP contribution is -2.24. The third-order valence-corrected chi connectivity index (χ3v) is 4.73. The van der Waals surface area contributed by atoms with Crippen LogP contribution >= 0.6 is 0 Å². The van der Waals surface area contributed by atoms with Crippen molar-refractivity contribution in [3.63, 3.8) is 0 Å². The highest BCUT2D eigenvalue weighted by Crippen LogP contribution is 2.27. The molecule has 0 atom stereocenters. The van der Waals surface area contributed by atoms with Crippen molar-refractivity contribution >= 4 is 12.0 Å². The second kappa shape index (κ2) is 9.83. The summed E-state index contributed by atoms with van der Waals surface area (Å²) in [6, 6.07) is 9.46. The van der Waals surface area contributed by atoms with Gasteiger partial charge in [0.25, 0.3) is 5.91 Å². The van der Waals surface area contributed by atoms with E-state index in [0.717, 1.165) is 29.1 Å². The first-order chi connectivity index (χ1) is 13.8. The molecule has 6 nitrogen and oxygen atoms in total. The van der Waals surface area contributed by atoms with E-state index in [2.05, 4.69) is 23.7 Å². The summed E-state index contributed by atoms with van der Waals surface area (Å²) in [5, 5.41) is 12.3. The first kappa shape index (κ1) is 22.1. The van der Waals surface area contributed by atoms with Crippen molar-refractivity contribution in [2.45, 2.75) is 40.8 Å². The van der Waals surface area contributed by atoms with Crippen molar-refractivity contribution in [3.8, 4) is 17.6 Å². The van der Waals surface area contributed by atoms with Crippen molar-refractivity contribution in [2.75, 3.05) is 14.2 Å². The minimum atomic E-state index is -0.407. The average molecular weight is 396 g/mol. The van der Waals surface area contributed by atoms with Crippen LogP contribution in [0.5, 0.6) is 11.5 Å². The van der Waals surface area contributed by atoms with Crippen molar-refractivity contribution in [3.05, 3.63) is 52.4 Å². The summed E-state index contributed by atoms with van der Waals surface area (Å²) in [6.45, 7) is 9.56. The number of nitrogens with zero attached hydrogens (tertiary/aromatic N) is 2. The lowest BCUT2D eigenvalue weighted by molar-refractivity contribution is -0.117. The van der Waals surface area contributed by atoms with Gasteiger partial charge in [0.05, 0.1) is 14.2 Å². The number of nitriles is 1. The lowest BCUT2D eigenvalue weighted by Gasteiger charge is -2.12. The van der Waals surface area contributed by atoms with Crippen molar-refractivity contribution in [1.29, 1.82) is 5.26 Å². The molecule has 1 aromatic carbocycles. The molecular formula is C23H29N3O3. The van der Waals surface area contributed by atoms with Gasteiger partial charge in [-0.3, -0.25) is 4.79 Å². The molecule has 0 saturated carbocycles. The van der Waals surface area contributed by atoms with E-state index in [1.807, 2.05) is 32.0 Å². The van der Waals surface area contributed by atoms with Crippen LogP contribution in [-0.2, 0) is 17.9 Å². The summed E-state index contributed by atoms with van der Waals surface area (Å²) in [6.07, 6.45) is 1.66. The van der Waals surface area contributed by atoms with Gasteiger partial charge in [0.1, 0.15) is 11.6 Å². The SMILES string of the molecule is COc1ccc(CNC(=O)/C(C#N)=C/c2cc(C)n(CC(C)C)c2C)cc1OC. The van der Waals surface area contributed by atoms with Crippen LogP contribution in [0.4, 0.5) is 0 Å². The maximum atomic E-state index is 12.5. The van der Waals surface area contributed by atoms with Gasteiger partial charge in [-0.15, -0.1) is 0 Å². The summed E-state index contributed by atoms with van der Waals surface area (Å²) < 4.78 is 12.7. The molecule has 0 bridgehead atoms. The van der Waals surface area contributed by atoms with Crippen LogP contribution in [0, 0.1) is 31.1 Å². The zero-order chi connectivity index (χ0) is 21.6. The summed E-state index contributed by atoms with van der Waals surface area (Å²) in [5.41, 5.74) is 3.99. The average Bonchev–Trinajstić information content (AvgIpc) is 2.96. The number of carbonyl (C=O) groups is 1. The highest BCUT2D eigenvalue weighted by atomic mass is 16.5. The Balaban J connectivity index is 2.16. The molecule has 0 spiro atoms.